The smallest absolute Gasteiger partial charge is 0.268 e. The lowest BCUT2D eigenvalue weighted by Crippen LogP contribution is -2.32. The first-order valence-corrected chi connectivity index (χ1v) is 9.14. The van der Waals surface area contributed by atoms with Crippen LogP contribution in [0.15, 0.2) is 70.6 Å². The number of para-hydroxylation sites is 1. The quantitative estimate of drug-likeness (QED) is 0.482. The van der Waals surface area contributed by atoms with Gasteiger partial charge in [-0.1, -0.05) is 23.7 Å². The molecule has 0 N–H and O–H groups in total. The molecule has 0 saturated heterocycles. The number of hydrogen-bond donors (Lipinski definition) is 0. The summed E-state index contributed by atoms with van der Waals surface area (Å²) in [6.45, 7) is 0. The summed E-state index contributed by atoms with van der Waals surface area (Å²) >= 11 is 5.73. The predicted molar refractivity (Wildman–Crippen MR) is 95.6 cm³/mol. The molecule has 27 heavy (non-hydrogen) atoms. The molecule has 0 saturated carbocycles. The standard InChI is InChI=1S/C16H10ClN3O6S/c17-11-5-7-12(8-6-11)27(25,26)19-10-9-18(16(19)22)15(21)13-3-1-2-4-14(13)20(23)24/h1-10H. The zero-order chi connectivity index (χ0) is 19.8. The highest BCUT2D eigenvalue weighted by Crippen LogP contribution is 2.19. The normalized spacial score (nSPS) is 11.3. The van der Waals surface area contributed by atoms with Crippen LogP contribution in [0, 0.1) is 10.1 Å². The van der Waals surface area contributed by atoms with Crippen LogP contribution >= 0.6 is 11.6 Å². The molecule has 0 fully saturated rings. The van der Waals surface area contributed by atoms with Crippen molar-refractivity contribution in [3.05, 3.63) is 92.1 Å². The van der Waals surface area contributed by atoms with Crippen molar-refractivity contribution in [2.45, 2.75) is 4.90 Å². The van der Waals surface area contributed by atoms with Crippen molar-refractivity contribution < 1.29 is 18.1 Å². The van der Waals surface area contributed by atoms with Crippen molar-refractivity contribution in [3.63, 3.8) is 0 Å². The molecule has 1 heterocycles. The third kappa shape index (κ3) is 3.27. The van der Waals surface area contributed by atoms with E-state index in [1.165, 1.54) is 42.5 Å². The summed E-state index contributed by atoms with van der Waals surface area (Å²) in [4.78, 5) is 35.1. The Morgan fingerprint density at radius 3 is 2.30 bits per heavy atom. The molecule has 11 heteroatoms. The molecule has 0 atom stereocenters. The van der Waals surface area contributed by atoms with Gasteiger partial charge in [-0.15, -0.1) is 0 Å². The number of imidazole rings is 1. The Morgan fingerprint density at radius 2 is 1.67 bits per heavy atom. The van der Waals surface area contributed by atoms with E-state index in [0.29, 0.717) is 13.6 Å². The molecule has 9 nitrogen and oxygen atoms in total. The average molecular weight is 408 g/mol. The van der Waals surface area contributed by atoms with Gasteiger partial charge in [-0.25, -0.2) is 17.8 Å². The number of benzene rings is 2. The van der Waals surface area contributed by atoms with E-state index >= 15 is 0 Å². The Bertz CT molecular complexity index is 1210. The molecule has 1 aromatic heterocycles. The molecule has 138 valence electrons. The molecule has 0 aliphatic heterocycles. The average Bonchev–Trinajstić information content (AvgIpc) is 3.03. The maximum absolute atomic E-state index is 12.6. The zero-order valence-corrected chi connectivity index (χ0v) is 14.9. The summed E-state index contributed by atoms with van der Waals surface area (Å²) < 4.78 is 26.1. The maximum Gasteiger partial charge on any atom is 0.349 e. The SMILES string of the molecule is O=C(c1ccccc1[N+](=O)[O-])n1ccn(S(=O)(=O)c2ccc(Cl)cc2)c1=O. The molecule has 3 aromatic rings. The Hall–Kier alpha value is -3.24. The lowest BCUT2D eigenvalue weighted by molar-refractivity contribution is -0.385. The van der Waals surface area contributed by atoms with E-state index in [2.05, 4.69) is 0 Å². The molecule has 0 unspecified atom stereocenters. The number of carbonyl (C=O) groups is 1. The highest BCUT2D eigenvalue weighted by Gasteiger charge is 2.26. The van der Waals surface area contributed by atoms with Gasteiger partial charge in [-0.2, -0.15) is 3.97 Å². The molecule has 0 aliphatic carbocycles. The maximum atomic E-state index is 12.6. The van der Waals surface area contributed by atoms with E-state index in [-0.39, 0.29) is 10.5 Å². The Balaban J connectivity index is 2.09. The van der Waals surface area contributed by atoms with Gasteiger partial charge in [0.1, 0.15) is 5.56 Å². The van der Waals surface area contributed by atoms with Crippen LogP contribution in [0.25, 0.3) is 0 Å². The van der Waals surface area contributed by atoms with Crippen LogP contribution in [0.4, 0.5) is 5.69 Å². The Morgan fingerprint density at radius 1 is 1.04 bits per heavy atom. The number of hydrogen-bond acceptors (Lipinski definition) is 6. The van der Waals surface area contributed by atoms with Gasteiger partial charge in [-0.3, -0.25) is 14.9 Å². The van der Waals surface area contributed by atoms with Gasteiger partial charge < -0.3 is 0 Å². The van der Waals surface area contributed by atoms with Gasteiger partial charge in [0, 0.05) is 23.5 Å². The summed E-state index contributed by atoms with van der Waals surface area (Å²) in [6.07, 6.45) is 1.84. The number of rotatable bonds is 4. The summed E-state index contributed by atoms with van der Waals surface area (Å²) in [6, 6.07) is 10.2. The fourth-order valence-electron chi connectivity index (χ4n) is 2.36. The third-order valence-electron chi connectivity index (χ3n) is 3.67. The predicted octanol–water partition coefficient (Wildman–Crippen LogP) is 2.14. The molecule has 0 bridgehead atoms. The molecule has 3 rings (SSSR count). The fraction of sp³-hybridized carbons (Fsp3) is 0. The monoisotopic (exact) mass is 407 g/mol. The van der Waals surface area contributed by atoms with Crippen molar-refractivity contribution in [2.75, 3.05) is 0 Å². The van der Waals surface area contributed by atoms with E-state index in [4.69, 9.17) is 11.6 Å². The van der Waals surface area contributed by atoms with Gasteiger partial charge in [0.15, 0.2) is 0 Å². The second-order valence-corrected chi connectivity index (χ2v) is 7.54. The van der Waals surface area contributed by atoms with Gasteiger partial charge in [0.2, 0.25) is 0 Å². The number of carbonyl (C=O) groups excluding carboxylic acids is 1. The first kappa shape index (κ1) is 18.5. The second-order valence-electron chi connectivity index (χ2n) is 5.28. The van der Waals surface area contributed by atoms with Crippen molar-refractivity contribution in [2.24, 2.45) is 0 Å². The van der Waals surface area contributed by atoms with Crippen molar-refractivity contribution in [1.29, 1.82) is 0 Å². The lowest BCUT2D eigenvalue weighted by atomic mass is 10.1. The number of nitro benzene ring substituents is 1. The third-order valence-corrected chi connectivity index (χ3v) is 5.58. The highest BCUT2D eigenvalue weighted by molar-refractivity contribution is 7.90. The number of nitrogens with zero attached hydrogens (tertiary/aromatic N) is 3. The van der Waals surface area contributed by atoms with Gasteiger partial charge in [-0.05, 0) is 30.3 Å². The topological polar surface area (TPSA) is 121 Å². The lowest BCUT2D eigenvalue weighted by Gasteiger charge is -2.05. The fourth-order valence-corrected chi connectivity index (χ4v) is 3.70. The second kappa shape index (κ2) is 6.82. The van der Waals surface area contributed by atoms with Crippen molar-refractivity contribution >= 4 is 33.2 Å². The Labute approximate surface area is 157 Å². The van der Waals surface area contributed by atoms with Gasteiger partial charge >= 0.3 is 5.69 Å². The molecule has 0 amide bonds. The largest absolute Gasteiger partial charge is 0.349 e. The molecule has 2 aromatic carbocycles. The minimum Gasteiger partial charge on any atom is -0.268 e. The minimum atomic E-state index is -4.27. The van der Waals surface area contributed by atoms with Crippen molar-refractivity contribution in [1.82, 2.24) is 8.54 Å². The summed E-state index contributed by atoms with van der Waals surface area (Å²) in [5, 5.41) is 11.4. The number of nitro groups is 1. The first-order valence-electron chi connectivity index (χ1n) is 7.33. The van der Waals surface area contributed by atoms with E-state index in [9.17, 15) is 28.1 Å². The van der Waals surface area contributed by atoms with Crippen LogP contribution < -0.4 is 5.69 Å². The molecule has 0 radical (unpaired) electrons. The summed E-state index contributed by atoms with van der Waals surface area (Å²) in [7, 11) is -4.27. The van der Waals surface area contributed by atoms with E-state index in [0.717, 1.165) is 18.5 Å². The Kier molecular flexibility index (Phi) is 4.68. The molecular weight excluding hydrogens is 398 g/mol. The minimum absolute atomic E-state index is 0.204. The molecule has 0 spiro atoms. The van der Waals surface area contributed by atoms with Crippen LogP contribution in [0.2, 0.25) is 5.02 Å². The summed E-state index contributed by atoms with van der Waals surface area (Å²) in [5.74, 6) is -1.02. The zero-order valence-electron chi connectivity index (χ0n) is 13.4. The van der Waals surface area contributed by atoms with E-state index in [1.807, 2.05) is 0 Å². The van der Waals surface area contributed by atoms with Crippen molar-refractivity contribution in [3.8, 4) is 0 Å². The number of halogens is 1. The van der Waals surface area contributed by atoms with Crippen LogP contribution in [-0.2, 0) is 10.0 Å². The van der Waals surface area contributed by atoms with E-state index < -0.39 is 32.2 Å². The van der Waals surface area contributed by atoms with Crippen LogP contribution in [-0.4, -0.2) is 27.8 Å². The van der Waals surface area contributed by atoms with Crippen LogP contribution in [0.3, 0.4) is 0 Å². The first-order chi connectivity index (χ1) is 12.7. The van der Waals surface area contributed by atoms with Crippen LogP contribution in [0.5, 0.6) is 0 Å². The molecular formula is C16H10ClN3O6S. The van der Waals surface area contributed by atoms with Gasteiger partial charge in [0.25, 0.3) is 21.6 Å². The highest BCUT2D eigenvalue weighted by atomic mass is 35.5. The number of aromatic nitrogens is 2. The van der Waals surface area contributed by atoms with E-state index in [1.54, 1.807) is 0 Å². The van der Waals surface area contributed by atoms with Gasteiger partial charge in [0.05, 0.1) is 9.82 Å². The summed E-state index contributed by atoms with van der Waals surface area (Å²) in [5.41, 5.74) is -2.01. The van der Waals surface area contributed by atoms with Crippen LogP contribution in [0.1, 0.15) is 10.4 Å². The molecule has 0 aliphatic rings.